The number of nitrogens with zero attached hydrogens (tertiary/aromatic N) is 4. The van der Waals surface area contributed by atoms with Crippen molar-refractivity contribution >= 4 is 40.0 Å². The number of benzene rings is 3. The number of para-hydroxylation sites is 2. The molecule has 1 fully saturated rings. The van der Waals surface area contributed by atoms with E-state index in [0.717, 1.165) is 22.2 Å². The van der Waals surface area contributed by atoms with E-state index in [1.807, 2.05) is 78.8 Å². The van der Waals surface area contributed by atoms with Crippen LogP contribution in [-0.2, 0) is 9.53 Å². The first kappa shape index (κ1) is 25.6. The van der Waals surface area contributed by atoms with Gasteiger partial charge in [-0.3, -0.25) is 19.5 Å². The molecule has 4 aromatic rings. The molecule has 6 rings (SSSR count). The zero-order valence-electron chi connectivity index (χ0n) is 22.6. The number of aromatic nitrogens is 2. The number of nitro groups is 1. The minimum absolute atomic E-state index is 0.00399. The zero-order valence-corrected chi connectivity index (χ0v) is 22.6. The van der Waals surface area contributed by atoms with E-state index < -0.39 is 6.04 Å². The van der Waals surface area contributed by atoms with E-state index in [9.17, 15) is 14.9 Å². The van der Waals surface area contributed by atoms with Crippen LogP contribution in [0.25, 0.3) is 11.0 Å². The Balaban J connectivity index is 1.50. The quantitative estimate of drug-likeness (QED) is 0.261. The number of amides is 1. The second-order valence-electron chi connectivity index (χ2n) is 10.2. The van der Waals surface area contributed by atoms with Crippen molar-refractivity contribution in [3.05, 3.63) is 98.7 Å². The van der Waals surface area contributed by atoms with Crippen molar-refractivity contribution in [3.63, 3.8) is 0 Å². The van der Waals surface area contributed by atoms with Gasteiger partial charge in [0.1, 0.15) is 5.69 Å². The molecule has 1 atom stereocenters. The van der Waals surface area contributed by atoms with Crippen LogP contribution in [0.5, 0.6) is 0 Å². The molecule has 3 aromatic carbocycles. The molecule has 0 saturated carbocycles. The molecule has 1 saturated heterocycles. The van der Waals surface area contributed by atoms with Gasteiger partial charge in [-0.1, -0.05) is 35.9 Å². The molecule has 10 nitrogen and oxygen atoms in total. The van der Waals surface area contributed by atoms with Gasteiger partial charge in [0, 0.05) is 30.5 Å². The number of hydrogen-bond acceptors (Lipinski definition) is 7. The minimum Gasteiger partial charge on any atom is -0.378 e. The van der Waals surface area contributed by atoms with E-state index in [1.165, 1.54) is 0 Å². The fourth-order valence-electron chi connectivity index (χ4n) is 5.65. The van der Waals surface area contributed by atoms with Crippen LogP contribution in [0.3, 0.4) is 0 Å². The predicted molar refractivity (Wildman–Crippen MR) is 155 cm³/mol. The standard InChI is InChI=1S/C30H30N6O4/c1-18-8-10-22(19(2)16-18)32-29(37)27-20(3)31-30-33-23-6-4-5-7-24(23)35(30)28(27)21-9-11-25(26(17-21)36(38)39)34-12-14-40-15-13-34/h4-11,16-17,28H,12-15H2,1-3H3,(H,31,33)(H,32,37)/t28-/m0/s1. The van der Waals surface area contributed by atoms with Crippen molar-refractivity contribution in [2.45, 2.75) is 26.8 Å². The molecule has 3 heterocycles. The van der Waals surface area contributed by atoms with Gasteiger partial charge in [-0.05, 0) is 56.2 Å². The summed E-state index contributed by atoms with van der Waals surface area (Å²) < 4.78 is 7.40. The fourth-order valence-corrected chi connectivity index (χ4v) is 5.65. The van der Waals surface area contributed by atoms with E-state index in [2.05, 4.69) is 10.6 Å². The van der Waals surface area contributed by atoms with E-state index in [-0.39, 0.29) is 16.5 Å². The summed E-state index contributed by atoms with van der Waals surface area (Å²) in [5.41, 5.74) is 6.61. The number of nitrogens with one attached hydrogen (secondary N) is 2. The summed E-state index contributed by atoms with van der Waals surface area (Å²) in [5.74, 6) is 0.289. The molecular formula is C30H30N6O4. The third kappa shape index (κ3) is 4.46. The number of allylic oxidation sites excluding steroid dienone is 1. The Morgan fingerprint density at radius 1 is 1.07 bits per heavy atom. The maximum atomic E-state index is 14.0. The monoisotopic (exact) mass is 538 g/mol. The number of aryl methyl sites for hydroxylation is 2. The average Bonchev–Trinajstić information content (AvgIpc) is 3.31. The van der Waals surface area contributed by atoms with Crippen LogP contribution in [0.4, 0.5) is 23.0 Å². The second kappa shape index (κ2) is 10.1. The van der Waals surface area contributed by atoms with Crippen molar-refractivity contribution < 1.29 is 14.5 Å². The molecule has 1 aromatic heterocycles. The van der Waals surface area contributed by atoms with Crippen LogP contribution < -0.4 is 15.5 Å². The van der Waals surface area contributed by atoms with Crippen LogP contribution in [0.15, 0.2) is 71.9 Å². The Bertz CT molecular complexity index is 1690. The number of nitro benzene ring substituents is 1. The van der Waals surface area contributed by atoms with Crippen molar-refractivity contribution in [2.75, 3.05) is 41.8 Å². The topological polar surface area (TPSA) is 115 Å². The maximum absolute atomic E-state index is 14.0. The summed E-state index contributed by atoms with van der Waals surface area (Å²) in [4.78, 5) is 32.7. The molecule has 40 heavy (non-hydrogen) atoms. The van der Waals surface area contributed by atoms with Crippen molar-refractivity contribution in [3.8, 4) is 0 Å². The first-order valence-electron chi connectivity index (χ1n) is 13.3. The summed E-state index contributed by atoms with van der Waals surface area (Å²) in [6.07, 6.45) is 0. The Morgan fingerprint density at radius 2 is 1.85 bits per heavy atom. The molecule has 0 aliphatic carbocycles. The number of morpholine rings is 1. The zero-order chi connectivity index (χ0) is 28.0. The summed E-state index contributed by atoms with van der Waals surface area (Å²) in [7, 11) is 0. The Morgan fingerprint density at radius 3 is 2.60 bits per heavy atom. The molecule has 1 amide bonds. The van der Waals surface area contributed by atoms with Gasteiger partial charge in [0.15, 0.2) is 0 Å². The molecule has 2 N–H and O–H groups in total. The van der Waals surface area contributed by atoms with Crippen LogP contribution in [-0.4, -0.2) is 46.7 Å². The van der Waals surface area contributed by atoms with Gasteiger partial charge in [-0.15, -0.1) is 0 Å². The summed E-state index contributed by atoms with van der Waals surface area (Å²) in [5, 5.41) is 18.7. The van der Waals surface area contributed by atoms with Crippen LogP contribution in [0.2, 0.25) is 0 Å². The lowest BCUT2D eigenvalue weighted by atomic mass is 9.93. The molecule has 0 radical (unpaired) electrons. The summed E-state index contributed by atoms with van der Waals surface area (Å²) in [6, 6.07) is 18.2. The third-order valence-corrected chi connectivity index (χ3v) is 7.57. The highest BCUT2D eigenvalue weighted by Gasteiger charge is 2.36. The highest BCUT2D eigenvalue weighted by Crippen LogP contribution is 2.42. The largest absolute Gasteiger partial charge is 0.378 e. The minimum atomic E-state index is -0.646. The Hall–Kier alpha value is -4.70. The van der Waals surface area contributed by atoms with Crippen LogP contribution in [0.1, 0.15) is 29.7 Å². The first-order chi connectivity index (χ1) is 19.3. The first-order valence-corrected chi connectivity index (χ1v) is 13.3. The second-order valence-corrected chi connectivity index (χ2v) is 10.2. The van der Waals surface area contributed by atoms with Crippen molar-refractivity contribution in [1.29, 1.82) is 0 Å². The van der Waals surface area contributed by atoms with E-state index >= 15 is 0 Å². The molecule has 0 unspecified atom stereocenters. The van der Waals surface area contributed by atoms with Gasteiger partial charge in [-0.2, -0.15) is 0 Å². The molecule has 2 aliphatic rings. The number of rotatable bonds is 5. The molecule has 0 bridgehead atoms. The molecular weight excluding hydrogens is 508 g/mol. The smallest absolute Gasteiger partial charge is 0.292 e. The van der Waals surface area contributed by atoms with Gasteiger partial charge in [0.2, 0.25) is 5.95 Å². The SMILES string of the molecule is CC1=C(C(=O)Nc2ccc(C)cc2C)[C@H](c2ccc(N3CCOCC3)c([N+](=O)[O-])c2)n2c(nc3ccccc32)N1. The number of carbonyl (C=O) groups is 1. The molecule has 204 valence electrons. The average molecular weight is 539 g/mol. The van der Waals surface area contributed by atoms with E-state index in [1.54, 1.807) is 12.1 Å². The highest BCUT2D eigenvalue weighted by molar-refractivity contribution is 6.06. The van der Waals surface area contributed by atoms with E-state index in [0.29, 0.717) is 60.5 Å². The Kier molecular flexibility index (Phi) is 6.47. The van der Waals surface area contributed by atoms with Gasteiger partial charge in [-0.25, -0.2) is 4.98 Å². The molecule has 10 heteroatoms. The normalized spacial score (nSPS) is 17.0. The lowest BCUT2D eigenvalue weighted by Crippen LogP contribution is -2.36. The lowest BCUT2D eigenvalue weighted by molar-refractivity contribution is -0.384. The van der Waals surface area contributed by atoms with Crippen molar-refractivity contribution in [2.24, 2.45) is 0 Å². The Labute approximate surface area is 231 Å². The molecule has 2 aliphatic heterocycles. The van der Waals surface area contributed by atoms with Gasteiger partial charge >= 0.3 is 0 Å². The van der Waals surface area contributed by atoms with Crippen LogP contribution in [0, 0.1) is 24.0 Å². The van der Waals surface area contributed by atoms with E-state index in [4.69, 9.17) is 9.72 Å². The molecule has 0 spiro atoms. The maximum Gasteiger partial charge on any atom is 0.292 e. The predicted octanol–water partition coefficient (Wildman–Crippen LogP) is 5.33. The van der Waals surface area contributed by atoms with Gasteiger partial charge in [0.05, 0.1) is 40.8 Å². The summed E-state index contributed by atoms with van der Waals surface area (Å²) in [6.45, 7) is 7.98. The fraction of sp³-hybridized carbons (Fsp3) is 0.267. The number of carbonyl (C=O) groups excluding carboxylic acids is 1. The number of hydrogen-bond donors (Lipinski definition) is 2. The lowest BCUT2D eigenvalue weighted by Gasteiger charge is -2.32. The number of imidazole rings is 1. The van der Waals surface area contributed by atoms with Crippen molar-refractivity contribution in [1.82, 2.24) is 9.55 Å². The third-order valence-electron chi connectivity index (χ3n) is 7.57. The number of ether oxygens (including phenoxy) is 1. The van der Waals surface area contributed by atoms with Gasteiger partial charge < -0.3 is 20.3 Å². The summed E-state index contributed by atoms with van der Waals surface area (Å²) >= 11 is 0. The number of anilines is 3. The highest BCUT2D eigenvalue weighted by atomic mass is 16.6. The van der Waals surface area contributed by atoms with Crippen LogP contribution >= 0.6 is 0 Å². The van der Waals surface area contributed by atoms with Gasteiger partial charge in [0.25, 0.3) is 11.6 Å². The number of fused-ring (bicyclic) bond motifs is 3.